The van der Waals surface area contributed by atoms with E-state index < -0.39 is 0 Å². The van der Waals surface area contributed by atoms with Gasteiger partial charge in [-0.05, 0) is 25.7 Å². The first-order chi connectivity index (χ1) is 7.74. The van der Waals surface area contributed by atoms with Crippen LogP contribution >= 0.6 is 23.1 Å². The molecule has 0 aliphatic carbocycles. The standard InChI is InChI=1S/C11H15N3S2/c1-7-8(2)16-11-9(7)10(13-6-14-11)12-4-5-15-3/h6H,4-5H2,1-3H3,(H,12,13,14). The van der Waals surface area contributed by atoms with Crippen molar-refractivity contribution < 1.29 is 0 Å². The van der Waals surface area contributed by atoms with Crippen molar-refractivity contribution in [3.63, 3.8) is 0 Å². The molecule has 1 N–H and O–H groups in total. The van der Waals surface area contributed by atoms with Crippen molar-refractivity contribution >= 4 is 39.1 Å². The number of nitrogens with one attached hydrogen (secondary N) is 1. The van der Waals surface area contributed by atoms with Crippen LogP contribution in [0.4, 0.5) is 5.82 Å². The summed E-state index contributed by atoms with van der Waals surface area (Å²) >= 11 is 3.57. The second kappa shape index (κ2) is 5.01. The molecule has 0 fully saturated rings. The number of hydrogen-bond donors (Lipinski definition) is 1. The third-order valence-electron chi connectivity index (χ3n) is 2.56. The van der Waals surface area contributed by atoms with E-state index in [-0.39, 0.29) is 0 Å². The normalized spacial score (nSPS) is 10.9. The molecule has 0 bridgehead atoms. The van der Waals surface area contributed by atoms with E-state index in [1.54, 1.807) is 17.7 Å². The quantitative estimate of drug-likeness (QED) is 0.850. The zero-order valence-corrected chi connectivity index (χ0v) is 11.3. The molecule has 3 nitrogen and oxygen atoms in total. The number of aryl methyl sites for hydroxylation is 2. The summed E-state index contributed by atoms with van der Waals surface area (Å²) in [4.78, 5) is 11.0. The Morgan fingerprint density at radius 3 is 2.94 bits per heavy atom. The van der Waals surface area contributed by atoms with Crippen molar-refractivity contribution in [2.45, 2.75) is 13.8 Å². The van der Waals surface area contributed by atoms with Crippen LogP contribution in [0.15, 0.2) is 6.33 Å². The summed E-state index contributed by atoms with van der Waals surface area (Å²) in [6.45, 7) is 5.21. The Labute approximate surface area is 104 Å². The molecule has 86 valence electrons. The van der Waals surface area contributed by atoms with Crippen molar-refractivity contribution in [2.24, 2.45) is 0 Å². The average Bonchev–Trinajstić information content (AvgIpc) is 2.56. The second-order valence-corrected chi connectivity index (χ2v) is 5.79. The van der Waals surface area contributed by atoms with Crippen LogP contribution in [0.5, 0.6) is 0 Å². The fourth-order valence-corrected chi connectivity index (χ4v) is 2.89. The van der Waals surface area contributed by atoms with Crippen LogP contribution in [-0.2, 0) is 0 Å². The van der Waals surface area contributed by atoms with E-state index in [9.17, 15) is 0 Å². The number of nitrogens with zero attached hydrogens (tertiary/aromatic N) is 2. The third-order valence-corrected chi connectivity index (χ3v) is 4.29. The van der Waals surface area contributed by atoms with Gasteiger partial charge in [-0.15, -0.1) is 11.3 Å². The molecule has 0 amide bonds. The summed E-state index contributed by atoms with van der Waals surface area (Å²) in [7, 11) is 0. The Bertz CT molecular complexity index is 493. The lowest BCUT2D eigenvalue weighted by Crippen LogP contribution is -2.06. The van der Waals surface area contributed by atoms with E-state index in [0.29, 0.717) is 0 Å². The van der Waals surface area contributed by atoms with E-state index in [1.165, 1.54) is 15.8 Å². The predicted octanol–water partition coefficient (Wildman–Crippen LogP) is 3.08. The molecule has 16 heavy (non-hydrogen) atoms. The van der Waals surface area contributed by atoms with Crippen LogP contribution in [0, 0.1) is 13.8 Å². The van der Waals surface area contributed by atoms with Gasteiger partial charge in [0.15, 0.2) is 0 Å². The van der Waals surface area contributed by atoms with Gasteiger partial charge in [0.1, 0.15) is 17.0 Å². The van der Waals surface area contributed by atoms with E-state index in [1.807, 2.05) is 11.8 Å². The van der Waals surface area contributed by atoms with Crippen molar-refractivity contribution in [3.05, 3.63) is 16.8 Å². The molecule has 2 aromatic rings. The second-order valence-electron chi connectivity index (χ2n) is 3.61. The largest absolute Gasteiger partial charge is 0.369 e. The minimum Gasteiger partial charge on any atom is -0.369 e. The molecule has 0 aliphatic heterocycles. The summed E-state index contributed by atoms with van der Waals surface area (Å²) in [5.41, 5.74) is 1.30. The summed E-state index contributed by atoms with van der Waals surface area (Å²) in [5, 5.41) is 4.56. The van der Waals surface area contributed by atoms with E-state index in [0.717, 1.165) is 22.9 Å². The Hall–Kier alpha value is -0.810. The molecule has 0 unspecified atom stereocenters. The topological polar surface area (TPSA) is 37.8 Å². The number of fused-ring (bicyclic) bond motifs is 1. The highest BCUT2D eigenvalue weighted by Crippen LogP contribution is 2.32. The molecule has 0 atom stereocenters. The van der Waals surface area contributed by atoms with E-state index in [2.05, 4.69) is 35.4 Å². The summed E-state index contributed by atoms with van der Waals surface area (Å²) in [6.07, 6.45) is 3.75. The number of aromatic nitrogens is 2. The highest BCUT2D eigenvalue weighted by molar-refractivity contribution is 7.98. The third kappa shape index (κ3) is 2.15. The first kappa shape index (κ1) is 11.7. The summed E-state index contributed by atoms with van der Waals surface area (Å²) in [6, 6.07) is 0. The van der Waals surface area contributed by atoms with Crippen molar-refractivity contribution in [1.82, 2.24) is 9.97 Å². The first-order valence-corrected chi connectivity index (χ1v) is 7.38. The molecule has 2 rings (SSSR count). The maximum Gasteiger partial charge on any atom is 0.138 e. The van der Waals surface area contributed by atoms with Gasteiger partial charge in [0.2, 0.25) is 0 Å². The van der Waals surface area contributed by atoms with Gasteiger partial charge in [-0.1, -0.05) is 0 Å². The van der Waals surface area contributed by atoms with Gasteiger partial charge in [0.25, 0.3) is 0 Å². The fraction of sp³-hybridized carbons (Fsp3) is 0.455. The van der Waals surface area contributed by atoms with Gasteiger partial charge in [-0.3, -0.25) is 0 Å². The fourth-order valence-electron chi connectivity index (χ4n) is 1.59. The van der Waals surface area contributed by atoms with Gasteiger partial charge >= 0.3 is 0 Å². The highest BCUT2D eigenvalue weighted by atomic mass is 32.2. The molecule has 2 heterocycles. The number of thiophene rings is 1. The van der Waals surface area contributed by atoms with E-state index in [4.69, 9.17) is 0 Å². The Kier molecular flexibility index (Phi) is 3.66. The lowest BCUT2D eigenvalue weighted by atomic mass is 10.2. The molecular weight excluding hydrogens is 238 g/mol. The van der Waals surface area contributed by atoms with E-state index >= 15 is 0 Å². The molecule has 0 aliphatic rings. The molecular formula is C11H15N3S2. The monoisotopic (exact) mass is 253 g/mol. The lowest BCUT2D eigenvalue weighted by Gasteiger charge is -2.05. The van der Waals surface area contributed by atoms with Crippen LogP contribution in [0.2, 0.25) is 0 Å². The van der Waals surface area contributed by atoms with Gasteiger partial charge < -0.3 is 5.32 Å². The first-order valence-electron chi connectivity index (χ1n) is 5.17. The lowest BCUT2D eigenvalue weighted by molar-refractivity contribution is 1.15. The molecule has 0 aromatic carbocycles. The molecule has 2 aromatic heterocycles. The van der Waals surface area contributed by atoms with Crippen molar-refractivity contribution in [3.8, 4) is 0 Å². The number of thioether (sulfide) groups is 1. The number of anilines is 1. The molecule has 0 saturated heterocycles. The SMILES string of the molecule is CSCCNc1ncnc2sc(C)c(C)c12. The number of rotatable bonds is 4. The zero-order valence-electron chi connectivity index (χ0n) is 9.70. The molecule has 0 radical (unpaired) electrons. The average molecular weight is 253 g/mol. The van der Waals surface area contributed by atoms with Gasteiger partial charge in [0.05, 0.1) is 5.39 Å². The van der Waals surface area contributed by atoms with Crippen LogP contribution in [0.25, 0.3) is 10.2 Å². The van der Waals surface area contributed by atoms with Gasteiger partial charge in [-0.2, -0.15) is 11.8 Å². The molecule has 5 heteroatoms. The van der Waals surface area contributed by atoms with Gasteiger partial charge in [0, 0.05) is 17.2 Å². The van der Waals surface area contributed by atoms with Gasteiger partial charge in [-0.25, -0.2) is 9.97 Å². The summed E-state index contributed by atoms with van der Waals surface area (Å²) < 4.78 is 0. The minimum absolute atomic E-state index is 0.946. The maximum absolute atomic E-state index is 4.33. The molecule has 0 saturated carbocycles. The summed E-state index contributed by atoms with van der Waals surface area (Å²) in [5.74, 6) is 2.06. The smallest absolute Gasteiger partial charge is 0.138 e. The highest BCUT2D eigenvalue weighted by Gasteiger charge is 2.10. The Morgan fingerprint density at radius 1 is 1.38 bits per heavy atom. The van der Waals surface area contributed by atoms with Crippen LogP contribution in [0.1, 0.15) is 10.4 Å². The predicted molar refractivity (Wildman–Crippen MR) is 73.8 cm³/mol. The van der Waals surface area contributed by atoms with Crippen LogP contribution < -0.4 is 5.32 Å². The zero-order chi connectivity index (χ0) is 11.5. The number of hydrogen-bond acceptors (Lipinski definition) is 5. The molecule has 0 spiro atoms. The van der Waals surface area contributed by atoms with Crippen LogP contribution in [-0.4, -0.2) is 28.5 Å². The minimum atomic E-state index is 0.946. The maximum atomic E-state index is 4.33. The van der Waals surface area contributed by atoms with Crippen molar-refractivity contribution in [1.29, 1.82) is 0 Å². The Morgan fingerprint density at radius 2 is 2.19 bits per heavy atom. The Balaban J connectivity index is 2.36. The van der Waals surface area contributed by atoms with Crippen LogP contribution in [0.3, 0.4) is 0 Å². The van der Waals surface area contributed by atoms with Crippen molar-refractivity contribution in [2.75, 3.05) is 23.9 Å².